The van der Waals surface area contributed by atoms with Gasteiger partial charge in [0.15, 0.2) is 0 Å². The molecule has 0 radical (unpaired) electrons. The van der Waals surface area contributed by atoms with E-state index in [1.807, 2.05) is 51.2 Å². The topological polar surface area (TPSA) is 78.9 Å². The van der Waals surface area contributed by atoms with Gasteiger partial charge in [0.05, 0.1) is 13.2 Å². The van der Waals surface area contributed by atoms with Crippen molar-refractivity contribution in [3.8, 4) is 23.3 Å². The maximum absolute atomic E-state index is 11.1. The van der Waals surface area contributed by atoms with E-state index in [0.717, 1.165) is 17.7 Å². The van der Waals surface area contributed by atoms with Crippen molar-refractivity contribution < 1.29 is 23.7 Å². The number of aldehydes is 1. The molecule has 0 aliphatic rings. The number of hydrogen-bond donors (Lipinski definition) is 1. The number of carbonyl (C=O) groups excluding carboxylic acids is 1. The first-order valence-electron chi connectivity index (χ1n) is 12.3. The Balaban J connectivity index is 0.000000428. The van der Waals surface area contributed by atoms with Gasteiger partial charge in [-0.05, 0) is 43.7 Å². The molecule has 1 aromatic heterocycles. The average molecular weight is 521 g/mol. The first kappa shape index (κ1) is 32.2. The Morgan fingerprint density at radius 1 is 0.974 bits per heavy atom. The van der Waals surface area contributed by atoms with Crippen LogP contribution in [0.4, 0.5) is 5.82 Å². The van der Waals surface area contributed by atoms with Gasteiger partial charge in [0.2, 0.25) is 0 Å². The highest BCUT2D eigenvalue weighted by Crippen LogP contribution is 2.25. The summed E-state index contributed by atoms with van der Waals surface area (Å²) in [6, 6.07) is 19.3. The van der Waals surface area contributed by atoms with E-state index in [4.69, 9.17) is 14.2 Å². The van der Waals surface area contributed by atoms with E-state index >= 15 is 0 Å². The molecule has 0 saturated heterocycles. The smallest absolute Gasteiger partial charge is 0.150 e. The monoisotopic (exact) mass is 520 g/mol. The highest BCUT2D eigenvalue weighted by molar-refractivity contribution is 5.76. The van der Waals surface area contributed by atoms with Crippen LogP contribution >= 0.6 is 0 Å². The minimum atomic E-state index is -0.104. The number of rotatable bonds is 10. The predicted molar refractivity (Wildman–Crippen MR) is 153 cm³/mol. The molecule has 7 heteroatoms. The second-order valence-corrected chi connectivity index (χ2v) is 8.33. The molecule has 0 bridgehead atoms. The Morgan fingerprint density at radius 3 is 2.21 bits per heavy atom. The van der Waals surface area contributed by atoms with Crippen LogP contribution in [0.1, 0.15) is 48.2 Å². The van der Waals surface area contributed by atoms with Gasteiger partial charge in [0, 0.05) is 57.7 Å². The molecule has 204 valence electrons. The average Bonchev–Trinajstić information content (AvgIpc) is 2.93. The molecule has 3 rings (SSSR count). The molecule has 2 unspecified atom stereocenters. The zero-order valence-corrected chi connectivity index (χ0v) is 23.5. The molecular formula is C31H40N2O5. The number of nitrogens with zero attached hydrogens (tertiary/aromatic N) is 1. The summed E-state index contributed by atoms with van der Waals surface area (Å²) < 4.78 is 21.0. The summed E-state index contributed by atoms with van der Waals surface area (Å²) in [6.07, 6.45) is 2.44. The zero-order valence-electron chi connectivity index (χ0n) is 23.5. The van der Waals surface area contributed by atoms with Gasteiger partial charge in [-0.2, -0.15) is 0 Å². The number of methoxy groups -OCH3 is 2. The van der Waals surface area contributed by atoms with Crippen molar-refractivity contribution >= 4 is 12.1 Å². The van der Waals surface area contributed by atoms with Crippen LogP contribution in [0.25, 0.3) is 0 Å². The lowest BCUT2D eigenvalue weighted by Gasteiger charge is -2.17. The Labute approximate surface area is 227 Å². The van der Waals surface area contributed by atoms with Gasteiger partial charge < -0.3 is 24.3 Å². The summed E-state index contributed by atoms with van der Waals surface area (Å²) in [5, 5.41) is 2.94. The lowest BCUT2D eigenvalue weighted by atomic mass is 10.0. The lowest BCUT2D eigenvalue weighted by molar-refractivity contribution is 0.0916. The SMILES string of the molecule is CC#Cc1ccc(NC)nc1.COC.COCC(C)Oc1cc(C=O)cc(OCC(C)c2ccccc2)c1. The number of benzene rings is 2. The minimum Gasteiger partial charge on any atom is -0.493 e. The van der Waals surface area contributed by atoms with E-state index in [-0.39, 0.29) is 12.0 Å². The molecule has 2 atom stereocenters. The van der Waals surface area contributed by atoms with Crippen molar-refractivity contribution in [2.24, 2.45) is 0 Å². The molecule has 2 aromatic carbocycles. The Bertz CT molecular complexity index is 1110. The largest absolute Gasteiger partial charge is 0.493 e. The fourth-order valence-corrected chi connectivity index (χ4v) is 3.17. The van der Waals surface area contributed by atoms with E-state index in [1.54, 1.807) is 45.7 Å². The normalized spacial score (nSPS) is 11.1. The fourth-order valence-electron chi connectivity index (χ4n) is 3.17. The van der Waals surface area contributed by atoms with Crippen LogP contribution in [0.2, 0.25) is 0 Å². The highest BCUT2D eigenvalue weighted by atomic mass is 16.5. The third-order valence-corrected chi connectivity index (χ3v) is 4.93. The van der Waals surface area contributed by atoms with Crippen LogP contribution in [0.3, 0.4) is 0 Å². The Hall–Kier alpha value is -3.86. The van der Waals surface area contributed by atoms with Crippen molar-refractivity contribution in [1.82, 2.24) is 4.98 Å². The van der Waals surface area contributed by atoms with E-state index < -0.39 is 0 Å². The van der Waals surface area contributed by atoms with Crippen molar-refractivity contribution in [3.63, 3.8) is 0 Å². The molecule has 0 aliphatic carbocycles. The van der Waals surface area contributed by atoms with Crippen LogP contribution in [0, 0.1) is 11.8 Å². The van der Waals surface area contributed by atoms with Crippen LogP contribution in [0.5, 0.6) is 11.5 Å². The number of ether oxygens (including phenoxy) is 4. The van der Waals surface area contributed by atoms with Gasteiger partial charge in [-0.1, -0.05) is 43.2 Å². The van der Waals surface area contributed by atoms with Gasteiger partial charge in [-0.15, -0.1) is 5.92 Å². The molecule has 38 heavy (non-hydrogen) atoms. The molecule has 0 amide bonds. The molecule has 0 fully saturated rings. The second kappa shape index (κ2) is 19.3. The summed E-state index contributed by atoms with van der Waals surface area (Å²) in [7, 11) is 6.72. The standard InChI is InChI=1S/C20H24O4.C9H10N2.C2H6O/c1-15(18-7-5-4-6-8-18)13-23-19-9-17(12-21)10-20(11-19)24-16(2)14-22-3;1-3-4-8-5-6-9(10-2)11-7-8;1-3-2/h4-12,15-16H,13-14H2,1-3H3;5-7H,1-2H3,(H,10,11);1-2H3. The highest BCUT2D eigenvalue weighted by Gasteiger charge is 2.10. The maximum Gasteiger partial charge on any atom is 0.150 e. The van der Waals surface area contributed by atoms with Gasteiger partial charge in [-0.3, -0.25) is 4.79 Å². The maximum atomic E-state index is 11.1. The molecule has 1 N–H and O–H groups in total. The molecule has 1 heterocycles. The zero-order chi connectivity index (χ0) is 28.2. The van der Waals surface area contributed by atoms with E-state index in [0.29, 0.717) is 30.3 Å². The number of aromatic nitrogens is 1. The third-order valence-electron chi connectivity index (χ3n) is 4.93. The summed E-state index contributed by atoms with van der Waals surface area (Å²) in [4.78, 5) is 15.2. The van der Waals surface area contributed by atoms with Gasteiger partial charge in [-0.25, -0.2) is 4.98 Å². The number of carbonyl (C=O) groups is 1. The number of nitrogens with one attached hydrogen (secondary N) is 1. The molecular weight excluding hydrogens is 480 g/mol. The van der Waals surface area contributed by atoms with E-state index in [2.05, 4.69) is 45.9 Å². The lowest BCUT2D eigenvalue weighted by Crippen LogP contribution is -2.18. The fraction of sp³-hybridized carbons (Fsp3) is 0.355. The first-order chi connectivity index (χ1) is 18.4. The summed E-state index contributed by atoms with van der Waals surface area (Å²) in [6.45, 7) is 6.84. The molecule has 0 aliphatic heterocycles. The number of pyridine rings is 1. The molecule has 7 nitrogen and oxygen atoms in total. The summed E-state index contributed by atoms with van der Waals surface area (Å²) in [5.74, 6) is 8.08. The third kappa shape index (κ3) is 12.9. The Morgan fingerprint density at radius 2 is 1.66 bits per heavy atom. The van der Waals surface area contributed by atoms with Crippen molar-refractivity contribution in [3.05, 3.63) is 83.6 Å². The minimum absolute atomic E-state index is 0.104. The molecule has 3 aromatic rings. The van der Waals surface area contributed by atoms with Crippen LogP contribution in [0.15, 0.2) is 66.9 Å². The summed E-state index contributed by atoms with van der Waals surface area (Å²) >= 11 is 0. The molecule has 0 spiro atoms. The predicted octanol–water partition coefficient (Wildman–Crippen LogP) is 5.85. The number of anilines is 1. The molecule has 0 saturated carbocycles. The van der Waals surface area contributed by atoms with Crippen molar-refractivity contribution in [1.29, 1.82) is 0 Å². The number of hydrogen-bond acceptors (Lipinski definition) is 7. The Kier molecular flexibility index (Phi) is 16.3. The van der Waals surface area contributed by atoms with Crippen molar-refractivity contribution in [2.45, 2.75) is 32.8 Å². The summed E-state index contributed by atoms with van der Waals surface area (Å²) in [5.41, 5.74) is 2.69. The van der Waals surface area contributed by atoms with E-state index in [9.17, 15) is 4.79 Å². The van der Waals surface area contributed by atoms with Crippen molar-refractivity contribution in [2.75, 3.05) is 46.9 Å². The van der Waals surface area contributed by atoms with Gasteiger partial charge in [0.25, 0.3) is 0 Å². The van der Waals surface area contributed by atoms with Crippen LogP contribution in [-0.4, -0.2) is 59.0 Å². The van der Waals surface area contributed by atoms with Gasteiger partial charge >= 0.3 is 0 Å². The quantitative estimate of drug-likeness (QED) is 0.265. The van der Waals surface area contributed by atoms with E-state index in [1.165, 1.54) is 5.56 Å². The van der Waals surface area contributed by atoms with Crippen LogP contribution < -0.4 is 14.8 Å². The van der Waals surface area contributed by atoms with Crippen LogP contribution in [-0.2, 0) is 9.47 Å². The first-order valence-corrected chi connectivity index (χ1v) is 12.3. The van der Waals surface area contributed by atoms with Gasteiger partial charge in [0.1, 0.15) is 29.7 Å². The second-order valence-electron chi connectivity index (χ2n) is 8.33.